The van der Waals surface area contributed by atoms with Gasteiger partial charge in [-0.3, -0.25) is 0 Å². The van der Waals surface area contributed by atoms with Crippen LogP contribution in [0.15, 0.2) is 0 Å². The molecule has 0 amide bonds. The quantitative estimate of drug-likeness (QED) is 0.436. The third-order valence-corrected chi connectivity index (χ3v) is 1.15. The highest BCUT2D eigenvalue weighted by atomic mass is 16.6. The summed E-state index contributed by atoms with van der Waals surface area (Å²) < 4.78 is 4.65. The van der Waals surface area contributed by atoms with Gasteiger partial charge in [0.25, 0.3) is 0 Å². The summed E-state index contributed by atoms with van der Waals surface area (Å²) in [4.78, 5) is 10.8. The summed E-state index contributed by atoms with van der Waals surface area (Å²) in [6, 6.07) is 0. The van der Waals surface area contributed by atoms with E-state index in [2.05, 4.69) is 10.7 Å². The average Bonchev–Trinajstić information content (AvgIpc) is 2.02. The van der Waals surface area contributed by atoms with Crippen molar-refractivity contribution in [1.82, 2.24) is 0 Å². The maximum absolute atomic E-state index is 10.8. The number of hydrogen-bond donors (Lipinski definition) is 2. The van der Waals surface area contributed by atoms with Gasteiger partial charge in [-0.05, 0) is 13.8 Å². The number of aliphatic hydroxyl groups excluding tert-OH is 2. The number of hydrogen-bond acceptors (Lipinski definition) is 4. The van der Waals surface area contributed by atoms with E-state index in [1.807, 2.05) is 0 Å². The lowest BCUT2D eigenvalue weighted by molar-refractivity contribution is -0.163. The molecule has 0 fully saturated rings. The van der Waals surface area contributed by atoms with Crippen molar-refractivity contribution < 1.29 is 19.7 Å². The maximum Gasteiger partial charge on any atom is 0.338 e. The smallest absolute Gasteiger partial charge is 0.338 e. The van der Waals surface area contributed by atoms with Crippen LogP contribution >= 0.6 is 0 Å². The second-order valence-corrected chi connectivity index (χ2v) is 2.77. The molecule has 0 spiro atoms. The number of aliphatic hydroxyl groups is 2. The summed E-state index contributed by atoms with van der Waals surface area (Å²) in [6.45, 7) is 2.35. The Labute approximate surface area is 71.2 Å². The summed E-state index contributed by atoms with van der Waals surface area (Å²) >= 11 is 0. The molecule has 0 aromatic heterocycles. The van der Waals surface area contributed by atoms with Gasteiger partial charge in [-0.25, -0.2) is 4.79 Å². The minimum absolute atomic E-state index is 0.667. The van der Waals surface area contributed by atoms with Crippen molar-refractivity contribution in [2.75, 3.05) is 6.61 Å². The molecule has 0 aromatic rings. The van der Waals surface area contributed by atoms with Crippen molar-refractivity contribution in [2.24, 2.45) is 0 Å². The molecule has 0 aromatic carbocycles. The van der Waals surface area contributed by atoms with Crippen LogP contribution in [0.3, 0.4) is 0 Å². The Kier molecular flexibility index (Phi) is 3.74. The van der Waals surface area contributed by atoms with Gasteiger partial charge in [0.1, 0.15) is 0 Å². The van der Waals surface area contributed by atoms with E-state index in [9.17, 15) is 4.79 Å². The van der Waals surface area contributed by atoms with Crippen molar-refractivity contribution in [3.8, 4) is 12.3 Å². The molecule has 0 saturated carbocycles. The van der Waals surface area contributed by atoms with E-state index >= 15 is 0 Å². The van der Waals surface area contributed by atoms with Gasteiger partial charge in [0.05, 0.1) is 6.61 Å². The maximum atomic E-state index is 10.8. The Morgan fingerprint density at radius 3 is 2.58 bits per heavy atom. The molecular weight excluding hydrogens is 160 g/mol. The molecule has 0 rings (SSSR count). The monoisotopic (exact) mass is 172 g/mol. The lowest BCUT2D eigenvalue weighted by Gasteiger charge is -2.19. The molecule has 0 aliphatic rings. The Hall–Kier alpha value is -1.05. The predicted molar refractivity (Wildman–Crippen MR) is 42.1 cm³/mol. The van der Waals surface area contributed by atoms with Gasteiger partial charge < -0.3 is 14.9 Å². The molecule has 2 N–H and O–H groups in total. The van der Waals surface area contributed by atoms with Gasteiger partial charge in [0.15, 0.2) is 11.7 Å². The zero-order valence-electron chi connectivity index (χ0n) is 7.07. The number of ether oxygens (including phenoxy) is 1. The minimum Gasteiger partial charge on any atom is -0.444 e. The summed E-state index contributed by atoms with van der Waals surface area (Å²) in [7, 11) is 0. The summed E-state index contributed by atoms with van der Waals surface area (Å²) in [5, 5.41) is 17.2. The van der Waals surface area contributed by atoms with Crippen molar-refractivity contribution in [3.05, 3.63) is 0 Å². The Morgan fingerprint density at radius 1 is 1.75 bits per heavy atom. The zero-order valence-corrected chi connectivity index (χ0v) is 7.07. The second-order valence-electron chi connectivity index (χ2n) is 2.77. The average molecular weight is 172 g/mol. The van der Waals surface area contributed by atoms with Crippen LogP contribution < -0.4 is 0 Å². The van der Waals surface area contributed by atoms with Gasteiger partial charge in [0, 0.05) is 0 Å². The number of esters is 1. The van der Waals surface area contributed by atoms with Crippen molar-refractivity contribution in [1.29, 1.82) is 0 Å². The molecular formula is C8H12O4. The van der Waals surface area contributed by atoms with Crippen LogP contribution in [0, 0.1) is 12.3 Å². The number of rotatable bonds is 3. The van der Waals surface area contributed by atoms with Gasteiger partial charge in [-0.15, -0.1) is 6.42 Å². The molecule has 68 valence electrons. The number of carbonyl (C=O) groups is 1. The normalized spacial score (nSPS) is 13.2. The van der Waals surface area contributed by atoms with Crippen LogP contribution in [0.5, 0.6) is 0 Å². The molecule has 1 atom stereocenters. The van der Waals surface area contributed by atoms with Crippen molar-refractivity contribution in [2.45, 2.75) is 25.6 Å². The zero-order chi connectivity index (χ0) is 9.78. The standard InChI is InChI=1S/C8H12O4/c1-4-8(2,3)12-7(11)6(10)5-9/h1,6,9-10H,5H2,2-3H3. The van der Waals surface area contributed by atoms with Crippen LogP contribution in [0.25, 0.3) is 0 Å². The van der Waals surface area contributed by atoms with E-state index in [1.54, 1.807) is 0 Å². The molecule has 0 bridgehead atoms. The first-order valence-electron chi connectivity index (χ1n) is 3.42. The fraction of sp³-hybridized carbons (Fsp3) is 0.625. The molecule has 0 aliphatic heterocycles. The first-order valence-corrected chi connectivity index (χ1v) is 3.42. The van der Waals surface area contributed by atoms with Crippen LogP contribution in [-0.2, 0) is 9.53 Å². The van der Waals surface area contributed by atoms with Gasteiger partial charge in [0.2, 0.25) is 0 Å². The van der Waals surface area contributed by atoms with E-state index < -0.39 is 24.3 Å². The third-order valence-electron chi connectivity index (χ3n) is 1.15. The van der Waals surface area contributed by atoms with Crippen molar-refractivity contribution in [3.63, 3.8) is 0 Å². The van der Waals surface area contributed by atoms with E-state index in [4.69, 9.17) is 16.6 Å². The molecule has 1 unspecified atom stereocenters. The lowest BCUT2D eigenvalue weighted by atomic mass is 10.1. The van der Waals surface area contributed by atoms with E-state index in [1.165, 1.54) is 13.8 Å². The van der Waals surface area contributed by atoms with Crippen molar-refractivity contribution >= 4 is 5.97 Å². The predicted octanol–water partition coefficient (Wildman–Crippen LogP) is -0.705. The Bertz CT molecular complexity index is 202. The SMILES string of the molecule is C#CC(C)(C)OC(=O)C(O)CO. The molecule has 12 heavy (non-hydrogen) atoms. The molecule has 0 radical (unpaired) electrons. The van der Waals surface area contributed by atoms with E-state index in [-0.39, 0.29) is 0 Å². The second kappa shape index (κ2) is 4.10. The Balaban J connectivity index is 4.12. The molecule has 0 saturated heterocycles. The van der Waals surface area contributed by atoms with Gasteiger partial charge >= 0.3 is 5.97 Å². The Morgan fingerprint density at radius 2 is 2.25 bits per heavy atom. The molecule has 0 aliphatic carbocycles. The largest absolute Gasteiger partial charge is 0.444 e. The fourth-order valence-corrected chi connectivity index (χ4v) is 0.423. The number of terminal acetylenes is 1. The minimum atomic E-state index is -1.52. The first-order chi connectivity index (χ1) is 5.43. The first kappa shape index (κ1) is 11.0. The number of carbonyl (C=O) groups excluding carboxylic acids is 1. The van der Waals surface area contributed by atoms with Crippen LogP contribution in [0.2, 0.25) is 0 Å². The van der Waals surface area contributed by atoms with Crippen LogP contribution in [0.4, 0.5) is 0 Å². The van der Waals surface area contributed by atoms with E-state index in [0.29, 0.717) is 0 Å². The summed E-state index contributed by atoms with van der Waals surface area (Å²) in [5.41, 5.74) is -1.05. The highest BCUT2D eigenvalue weighted by Gasteiger charge is 2.24. The van der Waals surface area contributed by atoms with Crippen LogP contribution in [0.1, 0.15) is 13.8 Å². The van der Waals surface area contributed by atoms with Crippen LogP contribution in [-0.4, -0.2) is 34.5 Å². The highest BCUT2D eigenvalue weighted by Crippen LogP contribution is 2.08. The van der Waals surface area contributed by atoms with Gasteiger partial charge in [-0.2, -0.15) is 0 Å². The topological polar surface area (TPSA) is 66.8 Å². The molecule has 0 heterocycles. The highest BCUT2D eigenvalue weighted by molar-refractivity contribution is 5.75. The third kappa shape index (κ3) is 3.37. The molecule has 4 heteroatoms. The molecule has 4 nitrogen and oxygen atoms in total. The lowest BCUT2D eigenvalue weighted by Crippen LogP contribution is -2.34. The van der Waals surface area contributed by atoms with E-state index in [0.717, 1.165) is 0 Å². The van der Waals surface area contributed by atoms with Gasteiger partial charge in [-0.1, -0.05) is 5.92 Å². The summed E-state index contributed by atoms with van der Waals surface area (Å²) in [6.07, 6.45) is 3.51. The fourth-order valence-electron chi connectivity index (χ4n) is 0.423. The summed E-state index contributed by atoms with van der Waals surface area (Å²) in [5.74, 6) is 1.30.